The zero-order valence-corrected chi connectivity index (χ0v) is 11.4. The van der Waals surface area contributed by atoms with Crippen LogP contribution in [0.15, 0.2) is 60.7 Å². The molecule has 0 radical (unpaired) electrons. The summed E-state index contributed by atoms with van der Waals surface area (Å²) in [6.07, 6.45) is 2.39. The van der Waals surface area contributed by atoms with Crippen LogP contribution in [0.5, 0.6) is 0 Å². The smallest absolute Gasteiger partial charge is 0.0145 e. The molecule has 1 N–H and O–H groups in total. The van der Waals surface area contributed by atoms with Crippen LogP contribution in [0.4, 0.5) is 0 Å². The van der Waals surface area contributed by atoms with Gasteiger partial charge in [0.1, 0.15) is 0 Å². The molecule has 98 valence electrons. The molecule has 1 nitrogen and oxygen atoms in total. The molecule has 1 heteroatoms. The van der Waals surface area contributed by atoms with Gasteiger partial charge in [0, 0.05) is 18.0 Å². The van der Waals surface area contributed by atoms with E-state index in [2.05, 4.69) is 72.9 Å². The molecule has 0 aromatic heterocycles. The highest BCUT2D eigenvalue weighted by atomic mass is 15.0. The standard InChI is InChI=1S/C18H21N/c1-14(12-15-8-4-2-5-9-15)19-18-13-17(18)16-10-6-3-7-11-16/h2-11,14,17-19H,12-13H2,1H3. The summed E-state index contributed by atoms with van der Waals surface area (Å²) in [5.74, 6) is 0.722. The van der Waals surface area contributed by atoms with Crippen LogP contribution in [0.2, 0.25) is 0 Å². The van der Waals surface area contributed by atoms with Crippen molar-refractivity contribution in [3.8, 4) is 0 Å². The van der Waals surface area contributed by atoms with E-state index in [0.717, 1.165) is 12.3 Å². The maximum absolute atomic E-state index is 3.75. The van der Waals surface area contributed by atoms with Gasteiger partial charge in [-0.05, 0) is 30.9 Å². The highest BCUT2D eigenvalue weighted by molar-refractivity contribution is 5.28. The Morgan fingerprint density at radius 3 is 2.32 bits per heavy atom. The lowest BCUT2D eigenvalue weighted by Crippen LogP contribution is -2.30. The van der Waals surface area contributed by atoms with Crippen LogP contribution in [0, 0.1) is 0 Å². The average Bonchev–Trinajstić information content (AvgIpc) is 3.20. The Kier molecular flexibility index (Phi) is 3.65. The summed E-state index contributed by atoms with van der Waals surface area (Å²) in [4.78, 5) is 0. The van der Waals surface area contributed by atoms with Gasteiger partial charge in [-0.15, -0.1) is 0 Å². The normalized spacial score (nSPS) is 23.0. The third-order valence-corrected chi connectivity index (χ3v) is 3.90. The van der Waals surface area contributed by atoms with Gasteiger partial charge in [-0.3, -0.25) is 0 Å². The van der Waals surface area contributed by atoms with Crippen molar-refractivity contribution in [2.75, 3.05) is 0 Å². The second-order valence-corrected chi connectivity index (χ2v) is 5.62. The fraction of sp³-hybridized carbons (Fsp3) is 0.333. The number of nitrogens with one attached hydrogen (secondary N) is 1. The second kappa shape index (κ2) is 5.58. The van der Waals surface area contributed by atoms with Crippen LogP contribution in [-0.2, 0) is 6.42 Å². The third-order valence-electron chi connectivity index (χ3n) is 3.90. The van der Waals surface area contributed by atoms with Crippen molar-refractivity contribution in [2.45, 2.75) is 37.8 Å². The summed E-state index contributed by atoms with van der Waals surface area (Å²) < 4.78 is 0. The van der Waals surface area contributed by atoms with Gasteiger partial charge in [-0.25, -0.2) is 0 Å². The molecule has 1 fully saturated rings. The molecule has 3 unspecified atom stereocenters. The highest BCUT2D eigenvalue weighted by Crippen LogP contribution is 2.40. The van der Waals surface area contributed by atoms with Crippen molar-refractivity contribution in [3.63, 3.8) is 0 Å². The predicted molar refractivity (Wildman–Crippen MR) is 80.3 cm³/mol. The van der Waals surface area contributed by atoms with E-state index in [1.54, 1.807) is 0 Å². The Bertz CT molecular complexity index is 506. The van der Waals surface area contributed by atoms with Crippen LogP contribution in [-0.4, -0.2) is 12.1 Å². The van der Waals surface area contributed by atoms with E-state index >= 15 is 0 Å². The first-order valence-corrected chi connectivity index (χ1v) is 7.18. The molecule has 0 amide bonds. The Hall–Kier alpha value is -1.60. The SMILES string of the molecule is CC(Cc1ccccc1)NC1CC1c1ccccc1. The maximum atomic E-state index is 3.75. The molecule has 1 saturated carbocycles. The largest absolute Gasteiger partial charge is 0.311 e. The van der Waals surface area contributed by atoms with Gasteiger partial charge in [0.05, 0.1) is 0 Å². The first-order valence-electron chi connectivity index (χ1n) is 7.18. The molecule has 2 aromatic carbocycles. The molecule has 3 atom stereocenters. The lowest BCUT2D eigenvalue weighted by molar-refractivity contribution is 0.536. The van der Waals surface area contributed by atoms with Gasteiger partial charge < -0.3 is 5.32 Å². The molecular formula is C18H21N. The number of benzene rings is 2. The fourth-order valence-corrected chi connectivity index (χ4v) is 2.84. The Balaban J connectivity index is 1.51. The van der Waals surface area contributed by atoms with Crippen molar-refractivity contribution in [1.82, 2.24) is 5.32 Å². The van der Waals surface area contributed by atoms with E-state index in [4.69, 9.17) is 0 Å². The number of hydrogen-bond donors (Lipinski definition) is 1. The zero-order valence-electron chi connectivity index (χ0n) is 11.4. The van der Waals surface area contributed by atoms with Gasteiger partial charge in [0.2, 0.25) is 0 Å². The van der Waals surface area contributed by atoms with Crippen molar-refractivity contribution < 1.29 is 0 Å². The molecule has 2 aromatic rings. The van der Waals surface area contributed by atoms with Crippen LogP contribution in [0.3, 0.4) is 0 Å². The molecule has 3 rings (SSSR count). The summed E-state index contributed by atoms with van der Waals surface area (Å²) in [6, 6.07) is 22.8. The highest BCUT2D eigenvalue weighted by Gasteiger charge is 2.38. The van der Waals surface area contributed by atoms with E-state index in [9.17, 15) is 0 Å². The van der Waals surface area contributed by atoms with E-state index < -0.39 is 0 Å². The van der Waals surface area contributed by atoms with E-state index in [1.807, 2.05) is 0 Å². The fourth-order valence-electron chi connectivity index (χ4n) is 2.84. The quantitative estimate of drug-likeness (QED) is 0.853. The lowest BCUT2D eigenvalue weighted by Gasteiger charge is -2.14. The predicted octanol–water partition coefficient (Wildman–Crippen LogP) is 3.76. The number of rotatable bonds is 5. The van der Waals surface area contributed by atoms with Crippen LogP contribution < -0.4 is 5.32 Å². The molecule has 0 bridgehead atoms. The molecule has 19 heavy (non-hydrogen) atoms. The molecular weight excluding hydrogens is 230 g/mol. The van der Waals surface area contributed by atoms with E-state index in [-0.39, 0.29) is 0 Å². The average molecular weight is 251 g/mol. The van der Waals surface area contributed by atoms with Crippen molar-refractivity contribution in [2.24, 2.45) is 0 Å². The Morgan fingerprint density at radius 1 is 1.00 bits per heavy atom. The second-order valence-electron chi connectivity index (χ2n) is 5.62. The molecule has 1 aliphatic rings. The van der Waals surface area contributed by atoms with Gasteiger partial charge in [-0.1, -0.05) is 60.7 Å². The van der Waals surface area contributed by atoms with E-state index in [1.165, 1.54) is 17.5 Å². The van der Waals surface area contributed by atoms with Gasteiger partial charge in [-0.2, -0.15) is 0 Å². The summed E-state index contributed by atoms with van der Waals surface area (Å²) >= 11 is 0. The first-order chi connectivity index (χ1) is 9.33. The molecule has 0 aliphatic heterocycles. The molecule has 0 heterocycles. The monoisotopic (exact) mass is 251 g/mol. The summed E-state index contributed by atoms with van der Waals surface area (Å²) in [7, 11) is 0. The number of hydrogen-bond acceptors (Lipinski definition) is 1. The molecule has 0 spiro atoms. The summed E-state index contributed by atoms with van der Waals surface area (Å²) in [6.45, 7) is 2.29. The first kappa shape index (κ1) is 12.4. The molecule has 0 saturated heterocycles. The van der Waals surface area contributed by atoms with E-state index in [0.29, 0.717) is 12.1 Å². The topological polar surface area (TPSA) is 12.0 Å². The Labute approximate surface area is 115 Å². The van der Waals surface area contributed by atoms with Gasteiger partial charge >= 0.3 is 0 Å². The Morgan fingerprint density at radius 2 is 1.63 bits per heavy atom. The molecule has 1 aliphatic carbocycles. The minimum atomic E-state index is 0.543. The van der Waals surface area contributed by atoms with Crippen LogP contribution in [0.25, 0.3) is 0 Å². The van der Waals surface area contributed by atoms with Crippen LogP contribution in [0.1, 0.15) is 30.4 Å². The lowest BCUT2D eigenvalue weighted by atomic mass is 10.1. The minimum Gasteiger partial charge on any atom is -0.311 e. The van der Waals surface area contributed by atoms with Crippen molar-refractivity contribution in [3.05, 3.63) is 71.8 Å². The van der Waals surface area contributed by atoms with Crippen molar-refractivity contribution >= 4 is 0 Å². The third kappa shape index (κ3) is 3.24. The van der Waals surface area contributed by atoms with Gasteiger partial charge in [0.25, 0.3) is 0 Å². The summed E-state index contributed by atoms with van der Waals surface area (Å²) in [5.41, 5.74) is 2.89. The van der Waals surface area contributed by atoms with Crippen molar-refractivity contribution in [1.29, 1.82) is 0 Å². The maximum Gasteiger partial charge on any atom is 0.0145 e. The summed E-state index contributed by atoms with van der Waals surface area (Å²) in [5, 5.41) is 3.75. The van der Waals surface area contributed by atoms with Gasteiger partial charge in [0.15, 0.2) is 0 Å². The zero-order chi connectivity index (χ0) is 13.1. The van der Waals surface area contributed by atoms with Crippen LogP contribution >= 0.6 is 0 Å². The minimum absolute atomic E-state index is 0.543.